The van der Waals surface area contributed by atoms with Crippen molar-refractivity contribution in [3.63, 3.8) is 0 Å². The van der Waals surface area contributed by atoms with Gasteiger partial charge in [-0.05, 0) is 52.7 Å². The molecule has 5 nitrogen and oxygen atoms in total. The minimum absolute atomic E-state index is 0.233. The molecule has 1 aromatic rings. The van der Waals surface area contributed by atoms with Gasteiger partial charge in [-0.3, -0.25) is 0 Å². The van der Waals surface area contributed by atoms with E-state index in [-0.39, 0.29) is 5.54 Å². The van der Waals surface area contributed by atoms with Crippen LogP contribution in [0.2, 0.25) is 0 Å². The molecule has 0 bridgehead atoms. The van der Waals surface area contributed by atoms with E-state index in [1.54, 1.807) is 18.2 Å². The number of benzene rings is 1. The molecule has 0 amide bonds. The van der Waals surface area contributed by atoms with Crippen LogP contribution >= 0.6 is 0 Å². The van der Waals surface area contributed by atoms with Gasteiger partial charge in [-0.2, -0.15) is 10.2 Å². The molecule has 0 spiro atoms. The second-order valence-electron chi connectivity index (χ2n) is 6.43. The Morgan fingerprint density at radius 3 is 2.16 bits per heavy atom. The molecule has 1 aromatic carbocycles. The lowest BCUT2D eigenvalue weighted by Gasteiger charge is -2.10. The third-order valence-electron chi connectivity index (χ3n) is 1.91. The van der Waals surface area contributed by atoms with Crippen molar-refractivity contribution < 1.29 is 4.86 Å². The summed E-state index contributed by atoms with van der Waals surface area (Å²) in [5.74, 6) is 0. The summed E-state index contributed by atoms with van der Waals surface area (Å²) < 4.78 is 0. The summed E-state index contributed by atoms with van der Waals surface area (Å²) in [6.07, 6.45) is 0. The molecule has 19 heavy (non-hydrogen) atoms. The van der Waals surface area contributed by atoms with Crippen LogP contribution < -0.4 is 0 Å². The lowest BCUT2D eigenvalue weighted by Crippen LogP contribution is -2.12. The summed E-state index contributed by atoms with van der Waals surface area (Å²) in [7, 11) is 0. The maximum atomic E-state index is 11.9. The van der Waals surface area contributed by atoms with Gasteiger partial charge in [-0.15, -0.1) is 0 Å². The van der Waals surface area contributed by atoms with Gasteiger partial charge in [0.25, 0.3) is 0 Å². The van der Waals surface area contributed by atoms with Crippen molar-refractivity contribution >= 4 is 11.4 Å². The van der Waals surface area contributed by atoms with Gasteiger partial charge in [0.05, 0.1) is 11.2 Å². The molecule has 0 atom stereocenters. The fourth-order valence-corrected chi connectivity index (χ4v) is 1.21. The Hall–Kier alpha value is -1.78. The molecule has 1 rings (SSSR count). The van der Waals surface area contributed by atoms with Crippen LogP contribution in [0.4, 0.5) is 11.4 Å². The number of hydrogen-bond donors (Lipinski definition) is 0. The van der Waals surface area contributed by atoms with E-state index < -0.39 is 5.54 Å². The standard InChI is InChI=1S/C14H22N4O/c1-13(2,3)16-15-11-8-7-9-12(10-11)18(19)17-14(4,5)6/h7-10H,1-6H3. The van der Waals surface area contributed by atoms with E-state index in [2.05, 4.69) is 15.3 Å². The van der Waals surface area contributed by atoms with E-state index in [4.69, 9.17) is 0 Å². The maximum absolute atomic E-state index is 11.9. The van der Waals surface area contributed by atoms with Crippen molar-refractivity contribution in [3.05, 3.63) is 29.5 Å². The normalized spacial score (nSPS) is 14.1. The molecule has 0 radical (unpaired) electrons. The molecular weight excluding hydrogens is 240 g/mol. The molecule has 0 N–H and O–H groups in total. The predicted octanol–water partition coefficient (Wildman–Crippen LogP) is 4.96. The lowest BCUT2D eigenvalue weighted by atomic mass is 10.1. The molecule has 0 unspecified atom stereocenters. The zero-order valence-electron chi connectivity index (χ0n) is 12.5. The van der Waals surface area contributed by atoms with Crippen LogP contribution in [0.25, 0.3) is 0 Å². The first-order chi connectivity index (χ1) is 8.57. The second-order valence-corrected chi connectivity index (χ2v) is 6.43. The third kappa shape index (κ3) is 6.08. The third-order valence-corrected chi connectivity index (χ3v) is 1.91. The molecule has 0 aliphatic rings. The van der Waals surface area contributed by atoms with Crippen molar-refractivity contribution in [1.82, 2.24) is 0 Å². The maximum Gasteiger partial charge on any atom is 0.246 e. The second kappa shape index (κ2) is 5.47. The van der Waals surface area contributed by atoms with Gasteiger partial charge in [0.15, 0.2) is 0 Å². The van der Waals surface area contributed by atoms with Crippen LogP contribution in [0.15, 0.2) is 39.6 Å². The molecule has 0 saturated heterocycles. The van der Waals surface area contributed by atoms with Crippen LogP contribution in [-0.2, 0) is 0 Å². The predicted molar refractivity (Wildman–Crippen MR) is 76.2 cm³/mol. The van der Waals surface area contributed by atoms with Gasteiger partial charge < -0.3 is 5.21 Å². The van der Waals surface area contributed by atoms with Gasteiger partial charge in [-0.25, -0.2) is 0 Å². The molecule has 5 heteroatoms. The zero-order valence-corrected chi connectivity index (χ0v) is 12.5. The summed E-state index contributed by atoms with van der Waals surface area (Å²) in [6, 6.07) is 6.97. The Morgan fingerprint density at radius 1 is 1.00 bits per heavy atom. The molecular formula is C14H22N4O. The van der Waals surface area contributed by atoms with Crippen molar-refractivity contribution in [2.24, 2.45) is 15.3 Å². The average Bonchev–Trinajstić information content (AvgIpc) is 2.23. The zero-order chi connectivity index (χ0) is 14.7. The van der Waals surface area contributed by atoms with E-state index in [0.29, 0.717) is 16.2 Å². The van der Waals surface area contributed by atoms with Gasteiger partial charge >= 0.3 is 0 Å². The molecule has 0 aliphatic heterocycles. The monoisotopic (exact) mass is 262 g/mol. The van der Waals surface area contributed by atoms with Crippen LogP contribution in [0, 0.1) is 5.21 Å². The fourth-order valence-electron chi connectivity index (χ4n) is 1.21. The Morgan fingerprint density at radius 2 is 1.63 bits per heavy atom. The summed E-state index contributed by atoms with van der Waals surface area (Å²) >= 11 is 0. The molecule has 0 aromatic heterocycles. The van der Waals surface area contributed by atoms with Gasteiger partial charge in [0.1, 0.15) is 5.54 Å². The molecule has 0 aliphatic carbocycles. The first-order valence-corrected chi connectivity index (χ1v) is 6.30. The van der Waals surface area contributed by atoms with Crippen molar-refractivity contribution in [2.45, 2.75) is 52.6 Å². The quantitative estimate of drug-likeness (QED) is 0.422. The van der Waals surface area contributed by atoms with Crippen LogP contribution in [-0.4, -0.2) is 15.9 Å². The Kier molecular flexibility index (Phi) is 4.39. The first kappa shape index (κ1) is 15.3. The summed E-state index contributed by atoms with van der Waals surface area (Å²) in [6.45, 7) is 11.5. The highest BCUT2D eigenvalue weighted by Gasteiger charge is 2.15. The van der Waals surface area contributed by atoms with Gasteiger partial charge in [0, 0.05) is 12.1 Å². The molecule has 0 heterocycles. The van der Waals surface area contributed by atoms with Crippen LogP contribution in [0.3, 0.4) is 0 Å². The van der Waals surface area contributed by atoms with E-state index in [9.17, 15) is 5.21 Å². The lowest BCUT2D eigenvalue weighted by molar-refractivity contribution is -0.449. The number of hydrogen-bond acceptors (Lipinski definition) is 4. The Balaban J connectivity index is 3.02. The number of azo groups is 2. The van der Waals surface area contributed by atoms with E-state index in [1.165, 1.54) is 0 Å². The largest absolute Gasteiger partial charge is 0.594 e. The minimum atomic E-state index is -0.412. The van der Waals surface area contributed by atoms with E-state index in [1.807, 2.05) is 47.6 Å². The Labute approximate surface area is 114 Å². The minimum Gasteiger partial charge on any atom is -0.594 e. The first-order valence-electron chi connectivity index (χ1n) is 6.30. The molecule has 0 saturated carbocycles. The van der Waals surface area contributed by atoms with Gasteiger partial charge in [0.2, 0.25) is 5.69 Å². The highest BCUT2D eigenvalue weighted by Crippen LogP contribution is 2.23. The number of rotatable bonds is 2. The highest BCUT2D eigenvalue weighted by molar-refractivity contribution is 5.46. The van der Waals surface area contributed by atoms with E-state index >= 15 is 0 Å². The van der Waals surface area contributed by atoms with Crippen LogP contribution in [0.5, 0.6) is 0 Å². The molecule has 104 valence electrons. The van der Waals surface area contributed by atoms with E-state index in [0.717, 1.165) is 0 Å². The summed E-state index contributed by atoms with van der Waals surface area (Å²) in [5, 5.41) is 24.2. The fraction of sp³-hybridized carbons (Fsp3) is 0.571. The Bertz CT molecular complexity index is 493. The van der Waals surface area contributed by atoms with Crippen molar-refractivity contribution in [1.29, 1.82) is 0 Å². The van der Waals surface area contributed by atoms with Crippen molar-refractivity contribution in [2.75, 3.05) is 0 Å². The molecule has 0 fully saturated rings. The van der Waals surface area contributed by atoms with Gasteiger partial charge in [-0.1, -0.05) is 10.9 Å². The van der Waals surface area contributed by atoms with Crippen molar-refractivity contribution in [3.8, 4) is 0 Å². The smallest absolute Gasteiger partial charge is 0.246 e. The number of nitrogens with zero attached hydrogens (tertiary/aromatic N) is 4. The summed E-state index contributed by atoms with van der Waals surface area (Å²) in [5.41, 5.74) is 0.464. The SMILES string of the molecule is CC(C)(C)N=Nc1cccc([N+]([O-])=NC(C)(C)C)c1. The highest BCUT2D eigenvalue weighted by atomic mass is 16.5. The van der Waals surface area contributed by atoms with Crippen LogP contribution in [0.1, 0.15) is 41.5 Å². The topological polar surface area (TPSA) is 63.1 Å². The summed E-state index contributed by atoms with van der Waals surface area (Å²) in [4.78, 5) is 0.635. The average molecular weight is 262 g/mol.